The number of aromatic nitrogens is 4. The number of tetrazole rings is 1. The zero-order chi connectivity index (χ0) is 11.5. The molecule has 84 valence electrons. The van der Waals surface area contributed by atoms with E-state index in [0.29, 0.717) is 6.54 Å². The van der Waals surface area contributed by atoms with Crippen LogP contribution in [0, 0.1) is 0 Å². The molecule has 0 aliphatic heterocycles. The van der Waals surface area contributed by atoms with Gasteiger partial charge in [0.05, 0.1) is 0 Å². The van der Waals surface area contributed by atoms with Crippen LogP contribution in [0.3, 0.4) is 0 Å². The van der Waals surface area contributed by atoms with Crippen LogP contribution >= 0.6 is 27.7 Å². The summed E-state index contributed by atoms with van der Waals surface area (Å²) in [6.07, 6.45) is 0. The molecule has 16 heavy (non-hydrogen) atoms. The lowest BCUT2D eigenvalue weighted by Crippen LogP contribution is -1.99. The molecule has 2 aromatic rings. The molecule has 2 rings (SSSR count). The Labute approximate surface area is 106 Å². The number of nitrogens with zero attached hydrogens (tertiary/aromatic N) is 4. The lowest BCUT2D eigenvalue weighted by atomic mass is 10.2. The molecule has 0 radical (unpaired) electrons. The topological polar surface area (TPSA) is 69.6 Å². The number of halogens is 1. The number of aryl methyl sites for hydroxylation is 1. The Balaban J connectivity index is 2.33. The van der Waals surface area contributed by atoms with E-state index in [-0.39, 0.29) is 0 Å². The molecule has 1 aromatic heterocycles. The smallest absolute Gasteiger partial charge is 0.213 e. The first kappa shape index (κ1) is 11.6. The Hall–Kier alpha value is -0.920. The summed E-state index contributed by atoms with van der Waals surface area (Å²) in [6.45, 7) is 0.501. The second kappa shape index (κ2) is 4.94. The van der Waals surface area contributed by atoms with E-state index in [0.717, 1.165) is 20.1 Å². The van der Waals surface area contributed by atoms with Crippen LogP contribution in [-0.4, -0.2) is 20.2 Å². The first-order chi connectivity index (χ1) is 7.70. The fraction of sp³-hybridized carbons (Fsp3) is 0.222. The van der Waals surface area contributed by atoms with Gasteiger partial charge in [-0.3, -0.25) is 0 Å². The standard InChI is InChI=1S/C9H10BrN5S/c1-15-9(12-13-14-15)16-8-4-7(10)3-2-6(8)5-11/h2-4H,5,11H2,1H3. The minimum absolute atomic E-state index is 0.501. The highest BCUT2D eigenvalue weighted by molar-refractivity contribution is 9.10. The largest absolute Gasteiger partial charge is 0.326 e. The zero-order valence-corrected chi connectivity index (χ0v) is 11.0. The van der Waals surface area contributed by atoms with Gasteiger partial charge in [0.25, 0.3) is 0 Å². The zero-order valence-electron chi connectivity index (χ0n) is 8.59. The summed E-state index contributed by atoms with van der Waals surface area (Å²) >= 11 is 4.94. The molecule has 0 unspecified atom stereocenters. The lowest BCUT2D eigenvalue weighted by Gasteiger charge is -2.06. The van der Waals surface area contributed by atoms with Crippen molar-refractivity contribution in [2.75, 3.05) is 0 Å². The average molecular weight is 300 g/mol. The Morgan fingerprint density at radius 1 is 1.50 bits per heavy atom. The summed E-state index contributed by atoms with van der Waals surface area (Å²) < 4.78 is 2.65. The maximum Gasteiger partial charge on any atom is 0.213 e. The van der Waals surface area contributed by atoms with E-state index in [4.69, 9.17) is 5.73 Å². The maximum absolute atomic E-state index is 5.68. The first-order valence-corrected chi connectivity index (χ1v) is 6.20. The van der Waals surface area contributed by atoms with Gasteiger partial charge in [-0.15, -0.1) is 5.10 Å². The lowest BCUT2D eigenvalue weighted by molar-refractivity contribution is 0.664. The van der Waals surface area contributed by atoms with E-state index in [1.165, 1.54) is 11.8 Å². The molecular weight excluding hydrogens is 290 g/mol. The Bertz CT molecular complexity index is 498. The van der Waals surface area contributed by atoms with Crippen LogP contribution in [0.5, 0.6) is 0 Å². The van der Waals surface area contributed by atoms with Crippen molar-refractivity contribution >= 4 is 27.7 Å². The molecule has 5 nitrogen and oxygen atoms in total. The molecule has 0 atom stereocenters. The average Bonchev–Trinajstić information content (AvgIpc) is 2.65. The molecule has 0 amide bonds. The van der Waals surface area contributed by atoms with Crippen LogP contribution in [-0.2, 0) is 13.6 Å². The minimum Gasteiger partial charge on any atom is -0.326 e. The first-order valence-electron chi connectivity index (χ1n) is 4.59. The molecule has 7 heteroatoms. The van der Waals surface area contributed by atoms with Gasteiger partial charge in [0.2, 0.25) is 5.16 Å². The highest BCUT2D eigenvalue weighted by atomic mass is 79.9. The van der Waals surface area contributed by atoms with Gasteiger partial charge in [0.15, 0.2) is 0 Å². The van der Waals surface area contributed by atoms with Gasteiger partial charge < -0.3 is 5.73 Å². The van der Waals surface area contributed by atoms with Crippen molar-refractivity contribution in [3.8, 4) is 0 Å². The van der Waals surface area contributed by atoms with Gasteiger partial charge in [0, 0.05) is 23.0 Å². The molecule has 0 aliphatic rings. The Morgan fingerprint density at radius 3 is 2.94 bits per heavy atom. The van der Waals surface area contributed by atoms with Crippen molar-refractivity contribution in [3.63, 3.8) is 0 Å². The summed E-state index contributed by atoms with van der Waals surface area (Å²) in [7, 11) is 1.81. The molecule has 1 aromatic carbocycles. The highest BCUT2D eigenvalue weighted by Gasteiger charge is 2.08. The molecule has 0 saturated heterocycles. The van der Waals surface area contributed by atoms with Crippen molar-refractivity contribution in [2.45, 2.75) is 16.6 Å². The molecule has 1 heterocycles. The number of benzene rings is 1. The summed E-state index contributed by atoms with van der Waals surface area (Å²) in [6, 6.07) is 5.99. The van der Waals surface area contributed by atoms with Crippen LogP contribution in [0.2, 0.25) is 0 Å². The van der Waals surface area contributed by atoms with Crippen LogP contribution in [0.4, 0.5) is 0 Å². The van der Waals surface area contributed by atoms with E-state index in [1.807, 2.05) is 25.2 Å². The molecule has 0 bridgehead atoms. The quantitative estimate of drug-likeness (QED) is 0.932. The van der Waals surface area contributed by atoms with Crippen molar-refractivity contribution in [3.05, 3.63) is 28.2 Å². The van der Waals surface area contributed by atoms with E-state index in [1.54, 1.807) is 4.68 Å². The van der Waals surface area contributed by atoms with Crippen molar-refractivity contribution < 1.29 is 0 Å². The SMILES string of the molecule is Cn1nnnc1Sc1cc(Br)ccc1CN. The van der Waals surface area contributed by atoms with Crippen molar-refractivity contribution in [1.82, 2.24) is 20.2 Å². The van der Waals surface area contributed by atoms with Crippen molar-refractivity contribution in [1.29, 1.82) is 0 Å². The van der Waals surface area contributed by atoms with Gasteiger partial charge in [-0.25, -0.2) is 4.68 Å². The number of hydrogen-bond acceptors (Lipinski definition) is 5. The summed E-state index contributed by atoms with van der Waals surface area (Å²) in [5, 5.41) is 12.0. The highest BCUT2D eigenvalue weighted by Crippen LogP contribution is 2.30. The number of rotatable bonds is 3. The van der Waals surface area contributed by atoms with Crippen LogP contribution in [0.1, 0.15) is 5.56 Å². The van der Waals surface area contributed by atoms with Gasteiger partial charge in [-0.05, 0) is 39.9 Å². The second-order valence-corrected chi connectivity index (χ2v) is 5.07. The third-order valence-corrected chi connectivity index (χ3v) is 3.65. The fourth-order valence-corrected chi connectivity index (χ4v) is 2.62. The molecule has 0 fully saturated rings. The van der Waals surface area contributed by atoms with Gasteiger partial charge in [-0.1, -0.05) is 22.0 Å². The van der Waals surface area contributed by atoms with E-state index in [9.17, 15) is 0 Å². The van der Waals surface area contributed by atoms with Gasteiger partial charge in [0.1, 0.15) is 0 Å². The van der Waals surface area contributed by atoms with Crippen LogP contribution in [0.25, 0.3) is 0 Å². The Morgan fingerprint density at radius 2 is 2.31 bits per heavy atom. The normalized spacial score (nSPS) is 10.7. The molecule has 2 N–H and O–H groups in total. The second-order valence-electron chi connectivity index (χ2n) is 3.14. The summed E-state index contributed by atoms with van der Waals surface area (Å²) in [4.78, 5) is 1.06. The third kappa shape index (κ3) is 2.42. The predicted molar refractivity (Wildman–Crippen MR) is 65.0 cm³/mol. The van der Waals surface area contributed by atoms with E-state index in [2.05, 4.69) is 31.5 Å². The molecule has 0 spiro atoms. The van der Waals surface area contributed by atoms with Crippen LogP contribution < -0.4 is 5.73 Å². The predicted octanol–water partition coefficient (Wildman–Crippen LogP) is 1.58. The Kier molecular flexibility index (Phi) is 3.57. The summed E-state index contributed by atoms with van der Waals surface area (Å²) in [5.41, 5.74) is 6.76. The monoisotopic (exact) mass is 299 g/mol. The fourth-order valence-electron chi connectivity index (χ4n) is 1.20. The maximum atomic E-state index is 5.68. The number of hydrogen-bond donors (Lipinski definition) is 1. The van der Waals surface area contributed by atoms with E-state index >= 15 is 0 Å². The minimum atomic E-state index is 0.501. The molecular formula is C9H10BrN5S. The van der Waals surface area contributed by atoms with Gasteiger partial charge in [-0.2, -0.15) is 0 Å². The van der Waals surface area contributed by atoms with E-state index < -0.39 is 0 Å². The molecule has 0 saturated carbocycles. The molecule has 0 aliphatic carbocycles. The van der Waals surface area contributed by atoms with Crippen LogP contribution in [0.15, 0.2) is 32.7 Å². The third-order valence-electron chi connectivity index (χ3n) is 2.03. The summed E-state index contributed by atoms with van der Waals surface area (Å²) in [5.74, 6) is 0. The number of nitrogens with two attached hydrogens (primary N) is 1. The van der Waals surface area contributed by atoms with Gasteiger partial charge >= 0.3 is 0 Å². The van der Waals surface area contributed by atoms with Crippen molar-refractivity contribution in [2.24, 2.45) is 12.8 Å².